The molecule has 0 saturated carbocycles. The third-order valence-corrected chi connectivity index (χ3v) is 7.73. The number of fused-ring (bicyclic) bond motifs is 1. The number of nitrogens with one attached hydrogen (secondary N) is 1. The Balaban J connectivity index is 1.48. The van der Waals surface area contributed by atoms with Crippen LogP contribution in [0.5, 0.6) is 0 Å². The molecular weight excluding hydrogens is 504 g/mol. The SMILES string of the molecule is COC(C(=O)N1CCC2(CC1)OC(=O)NCC2c1ccc(F)cc1)(c1cccc2ccccc12)C(F)(F)F. The first-order valence-corrected chi connectivity index (χ1v) is 12.2. The summed E-state index contributed by atoms with van der Waals surface area (Å²) in [7, 11) is 0.887. The average molecular weight is 531 g/mol. The van der Waals surface area contributed by atoms with E-state index in [1.165, 1.54) is 30.3 Å². The van der Waals surface area contributed by atoms with Gasteiger partial charge in [-0.05, 0) is 28.5 Å². The van der Waals surface area contributed by atoms with Crippen LogP contribution in [0.25, 0.3) is 10.8 Å². The lowest BCUT2D eigenvalue weighted by Gasteiger charge is -2.49. The van der Waals surface area contributed by atoms with E-state index in [0.29, 0.717) is 5.39 Å². The van der Waals surface area contributed by atoms with Crippen LogP contribution in [-0.4, -0.2) is 55.4 Å². The third kappa shape index (κ3) is 4.16. The molecule has 0 bridgehead atoms. The van der Waals surface area contributed by atoms with E-state index in [1.54, 1.807) is 36.4 Å². The van der Waals surface area contributed by atoms with Gasteiger partial charge in [0.25, 0.3) is 11.5 Å². The zero-order chi connectivity index (χ0) is 27.1. The molecule has 2 amide bonds. The standard InChI is InChI=1S/C28H26F4N2O4/c1-37-27(28(30,31)32,22-8-4-6-18-5-2-3-7-21(18)22)24(35)34-15-13-26(14-16-34)23(17-33-25(36)38-26)19-9-11-20(29)12-10-19/h2-12,23H,13-17H2,1H3,(H,33,36). The summed E-state index contributed by atoms with van der Waals surface area (Å²) in [4.78, 5) is 27.1. The molecule has 0 aromatic heterocycles. The zero-order valence-electron chi connectivity index (χ0n) is 20.6. The molecule has 10 heteroatoms. The van der Waals surface area contributed by atoms with E-state index in [-0.39, 0.29) is 49.3 Å². The second-order valence-corrected chi connectivity index (χ2v) is 9.64. The summed E-state index contributed by atoms with van der Waals surface area (Å²) in [6.45, 7) is 0.0461. The lowest BCUT2D eigenvalue weighted by molar-refractivity contribution is -0.270. The van der Waals surface area contributed by atoms with E-state index in [9.17, 15) is 27.2 Å². The minimum atomic E-state index is -5.06. The largest absolute Gasteiger partial charge is 0.442 e. The Kier molecular flexibility index (Phi) is 6.54. The average Bonchev–Trinajstić information content (AvgIpc) is 2.90. The molecule has 3 aromatic rings. The Bertz CT molecular complexity index is 1350. The Morgan fingerprint density at radius 1 is 1.03 bits per heavy atom. The van der Waals surface area contributed by atoms with Crippen molar-refractivity contribution in [3.8, 4) is 0 Å². The molecule has 2 aliphatic heterocycles. The molecule has 2 unspecified atom stereocenters. The van der Waals surface area contributed by atoms with Crippen molar-refractivity contribution in [1.82, 2.24) is 10.2 Å². The van der Waals surface area contributed by atoms with Crippen molar-refractivity contribution in [1.29, 1.82) is 0 Å². The molecule has 2 fully saturated rings. The van der Waals surface area contributed by atoms with Gasteiger partial charge in [-0.15, -0.1) is 0 Å². The van der Waals surface area contributed by atoms with Gasteiger partial charge in [-0.1, -0.05) is 54.6 Å². The van der Waals surface area contributed by atoms with Crippen LogP contribution in [0.3, 0.4) is 0 Å². The summed E-state index contributed by atoms with van der Waals surface area (Å²) < 4.78 is 68.9. The molecule has 5 rings (SSSR count). The van der Waals surface area contributed by atoms with E-state index in [0.717, 1.165) is 17.6 Å². The molecule has 1 spiro atoms. The molecule has 2 atom stereocenters. The summed E-state index contributed by atoms with van der Waals surface area (Å²) in [5.41, 5.74) is -3.83. The van der Waals surface area contributed by atoms with Crippen LogP contribution < -0.4 is 5.32 Å². The Morgan fingerprint density at radius 3 is 2.34 bits per heavy atom. The van der Waals surface area contributed by atoms with E-state index < -0.39 is 35.2 Å². The van der Waals surface area contributed by atoms with Crippen molar-refractivity contribution in [2.24, 2.45) is 0 Å². The van der Waals surface area contributed by atoms with Gasteiger partial charge in [-0.3, -0.25) is 4.79 Å². The smallest absolute Gasteiger partial charge is 0.431 e. The molecule has 6 nitrogen and oxygen atoms in total. The summed E-state index contributed by atoms with van der Waals surface area (Å²) in [5, 5.41) is 3.45. The van der Waals surface area contributed by atoms with Crippen LogP contribution in [0.4, 0.5) is 22.4 Å². The summed E-state index contributed by atoms with van der Waals surface area (Å²) in [5.74, 6) is -2.01. The predicted octanol–water partition coefficient (Wildman–Crippen LogP) is 5.27. The van der Waals surface area contributed by atoms with Gasteiger partial charge in [0, 0.05) is 51.1 Å². The Morgan fingerprint density at radius 2 is 1.68 bits per heavy atom. The second kappa shape index (κ2) is 9.58. The molecule has 2 saturated heterocycles. The van der Waals surface area contributed by atoms with E-state index in [1.807, 2.05) is 0 Å². The first kappa shape index (κ1) is 26.0. The monoisotopic (exact) mass is 530 g/mol. The van der Waals surface area contributed by atoms with Crippen LogP contribution >= 0.6 is 0 Å². The molecule has 38 heavy (non-hydrogen) atoms. The van der Waals surface area contributed by atoms with Crippen molar-refractivity contribution < 1.29 is 36.6 Å². The number of carbonyl (C=O) groups excluding carboxylic acids is 2. The van der Waals surface area contributed by atoms with Gasteiger partial charge in [0.1, 0.15) is 11.4 Å². The lowest BCUT2D eigenvalue weighted by atomic mass is 9.74. The number of benzene rings is 3. The number of amides is 2. The van der Waals surface area contributed by atoms with E-state index >= 15 is 0 Å². The fourth-order valence-corrected chi connectivity index (χ4v) is 5.78. The maximum absolute atomic E-state index is 14.8. The minimum Gasteiger partial charge on any atom is -0.442 e. The van der Waals surface area contributed by atoms with Gasteiger partial charge in [0.2, 0.25) is 0 Å². The van der Waals surface area contributed by atoms with E-state index in [2.05, 4.69) is 5.32 Å². The number of alkyl carbamates (subject to hydrolysis) is 1. The van der Waals surface area contributed by atoms with Gasteiger partial charge in [0.15, 0.2) is 0 Å². The highest BCUT2D eigenvalue weighted by molar-refractivity contribution is 5.95. The minimum absolute atomic E-state index is 0.0875. The number of rotatable bonds is 4. The first-order chi connectivity index (χ1) is 18.1. The van der Waals surface area contributed by atoms with Crippen LogP contribution in [0.2, 0.25) is 0 Å². The zero-order valence-corrected chi connectivity index (χ0v) is 20.6. The topological polar surface area (TPSA) is 67.9 Å². The highest BCUT2D eigenvalue weighted by atomic mass is 19.4. The summed E-state index contributed by atoms with van der Waals surface area (Å²) in [6, 6.07) is 16.7. The Labute approximate surface area is 216 Å². The van der Waals surface area contributed by atoms with Crippen molar-refractivity contribution in [2.45, 2.75) is 36.1 Å². The predicted molar refractivity (Wildman–Crippen MR) is 131 cm³/mol. The molecule has 0 radical (unpaired) electrons. The van der Waals surface area contributed by atoms with Crippen LogP contribution in [0.1, 0.15) is 29.9 Å². The normalized spacial score (nSPS) is 21.0. The van der Waals surface area contributed by atoms with Crippen molar-refractivity contribution in [3.63, 3.8) is 0 Å². The number of piperidine rings is 1. The summed E-state index contributed by atoms with van der Waals surface area (Å²) >= 11 is 0. The molecule has 0 aliphatic carbocycles. The quantitative estimate of drug-likeness (QED) is 0.467. The molecule has 2 aliphatic rings. The van der Waals surface area contributed by atoms with E-state index in [4.69, 9.17) is 9.47 Å². The van der Waals surface area contributed by atoms with Crippen molar-refractivity contribution in [3.05, 3.63) is 83.7 Å². The molecule has 2 heterocycles. The molecule has 200 valence electrons. The summed E-state index contributed by atoms with van der Waals surface area (Å²) in [6.07, 6.45) is -5.47. The van der Waals surface area contributed by atoms with Gasteiger partial charge < -0.3 is 19.7 Å². The van der Waals surface area contributed by atoms with Crippen LogP contribution in [-0.2, 0) is 19.9 Å². The third-order valence-electron chi connectivity index (χ3n) is 7.73. The first-order valence-electron chi connectivity index (χ1n) is 12.2. The van der Waals surface area contributed by atoms with Crippen molar-refractivity contribution in [2.75, 3.05) is 26.7 Å². The highest BCUT2D eigenvalue weighted by Gasteiger charge is 2.65. The molecular formula is C28H26F4N2O4. The highest BCUT2D eigenvalue weighted by Crippen LogP contribution is 2.48. The fraction of sp³-hybridized carbons (Fsp3) is 0.357. The number of hydrogen-bond acceptors (Lipinski definition) is 4. The second-order valence-electron chi connectivity index (χ2n) is 9.64. The number of ether oxygens (including phenoxy) is 2. The van der Waals surface area contributed by atoms with Crippen LogP contribution in [0, 0.1) is 5.82 Å². The maximum Gasteiger partial charge on any atom is 0.431 e. The number of nitrogens with zero attached hydrogens (tertiary/aromatic N) is 1. The molecule has 1 N–H and O–H groups in total. The fourth-order valence-electron chi connectivity index (χ4n) is 5.78. The number of carbonyl (C=O) groups is 2. The molecule has 3 aromatic carbocycles. The number of likely N-dealkylation sites (tertiary alicyclic amines) is 1. The number of halogens is 4. The van der Waals surface area contributed by atoms with Crippen molar-refractivity contribution >= 4 is 22.8 Å². The maximum atomic E-state index is 14.8. The lowest BCUT2D eigenvalue weighted by Crippen LogP contribution is -2.62. The number of methoxy groups -OCH3 is 1. The number of hydrogen-bond donors (Lipinski definition) is 1. The van der Waals surface area contributed by atoms with Gasteiger partial charge in [-0.25, -0.2) is 9.18 Å². The van der Waals surface area contributed by atoms with Gasteiger partial charge in [-0.2, -0.15) is 13.2 Å². The van der Waals surface area contributed by atoms with Crippen LogP contribution in [0.15, 0.2) is 66.7 Å². The van der Waals surface area contributed by atoms with Gasteiger partial charge in [0.05, 0.1) is 0 Å². The number of alkyl halides is 3. The Hall–Kier alpha value is -3.66. The van der Waals surface area contributed by atoms with Gasteiger partial charge >= 0.3 is 12.3 Å².